The van der Waals surface area contributed by atoms with Crippen molar-refractivity contribution in [1.29, 1.82) is 0 Å². The van der Waals surface area contributed by atoms with Gasteiger partial charge in [-0.3, -0.25) is 0 Å². The fourth-order valence-electron chi connectivity index (χ4n) is 9.88. The Bertz CT molecular complexity index is 3480. The first-order chi connectivity index (χ1) is 31.2. The van der Waals surface area contributed by atoms with Gasteiger partial charge in [-0.05, 0) is 107 Å². The van der Waals surface area contributed by atoms with Crippen LogP contribution < -0.4 is 0 Å². The van der Waals surface area contributed by atoms with Gasteiger partial charge in [0.1, 0.15) is 0 Å². The third-order valence-corrected chi connectivity index (χ3v) is 12.6. The molecule has 0 atom stereocenters. The van der Waals surface area contributed by atoms with E-state index in [0.29, 0.717) is 0 Å². The molecule has 0 amide bonds. The van der Waals surface area contributed by atoms with E-state index >= 15 is 0 Å². The van der Waals surface area contributed by atoms with Gasteiger partial charge in [-0.1, -0.05) is 183 Å². The Hall–Kier alpha value is -7.94. The monoisotopic (exact) mass is 806 g/mol. The maximum absolute atomic E-state index is 4.21. The molecule has 0 unspecified atom stereocenters. The number of hydrogen-bond donors (Lipinski definition) is 0. The van der Waals surface area contributed by atoms with E-state index in [1.165, 1.54) is 88.2 Å². The highest BCUT2D eigenvalue weighted by atomic mass is 15.0. The van der Waals surface area contributed by atoms with Crippen LogP contribution in [0.3, 0.4) is 0 Å². The van der Waals surface area contributed by atoms with Crippen LogP contribution in [0.5, 0.6) is 0 Å². The van der Waals surface area contributed by atoms with E-state index in [1.54, 1.807) is 0 Å². The van der Waals surface area contributed by atoms with Gasteiger partial charge in [0.15, 0.2) is 0 Å². The highest BCUT2D eigenvalue weighted by Crippen LogP contribution is 2.47. The molecule has 2 heteroatoms. The van der Waals surface area contributed by atoms with Crippen LogP contribution in [0.2, 0.25) is 0 Å². The number of fused-ring (bicyclic) bond motifs is 6. The molecule has 0 spiro atoms. The summed E-state index contributed by atoms with van der Waals surface area (Å²) >= 11 is 0. The average Bonchev–Trinajstić information content (AvgIpc) is 3.88. The van der Waals surface area contributed by atoms with Crippen LogP contribution in [-0.4, -0.2) is 9.13 Å². The van der Waals surface area contributed by atoms with Crippen molar-refractivity contribution in [3.63, 3.8) is 0 Å². The van der Waals surface area contributed by atoms with Crippen molar-refractivity contribution in [3.05, 3.63) is 237 Å². The Morgan fingerprint density at radius 2 is 1.14 bits per heavy atom. The van der Waals surface area contributed by atoms with Crippen LogP contribution in [0.15, 0.2) is 231 Å². The predicted octanol–water partition coefficient (Wildman–Crippen LogP) is 16.9. The molecule has 1 aliphatic carbocycles. The normalized spacial score (nSPS) is 13.2. The summed E-state index contributed by atoms with van der Waals surface area (Å²) < 4.78 is 4.96. The Kier molecular flexibility index (Phi) is 9.75. The second kappa shape index (κ2) is 16.2. The van der Waals surface area contributed by atoms with E-state index in [2.05, 4.69) is 241 Å². The fourth-order valence-corrected chi connectivity index (χ4v) is 9.88. The minimum absolute atomic E-state index is 1.05. The van der Waals surface area contributed by atoms with Gasteiger partial charge < -0.3 is 9.13 Å². The third-order valence-electron chi connectivity index (χ3n) is 12.6. The number of aromatic nitrogens is 2. The maximum Gasteiger partial charge on any atom is 0.0625 e. The molecule has 2 heterocycles. The first-order valence-corrected chi connectivity index (χ1v) is 22.0. The lowest BCUT2D eigenvalue weighted by atomic mass is 9.92. The Morgan fingerprint density at radius 1 is 0.508 bits per heavy atom. The summed E-state index contributed by atoms with van der Waals surface area (Å²) in [6.45, 7) is 6.30. The molecule has 2 nitrogen and oxygen atoms in total. The summed E-state index contributed by atoms with van der Waals surface area (Å²) in [5, 5.41) is 4.89. The van der Waals surface area contributed by atoms with E-state index in [4.69, 9.17) is 0 Å². The topological polar surface area (TPSA) is 9.86 Å². The summed E-state index contributed by atoms with van der Waals surface area (Å²) in [7, 11) is 0. The quantitative estimate of drug-likeness (QED) is 0.129. The van der Waals surface area contributed by atoms with Crippen molar-refractivity contribution in [2.24, 2.45) is 0 Å². The van der Waals surface area contributed by atoms with Crippen LogP contribution in [0.1, 0.15) is 25.3 Å². The van der Waals surface area contributed by atoms with E-state index in [-0.39, 0.29) is 0 Å². The van der Waals surface area contributed by atoms with Gasteiger partial charge in [0.25, 0.3) is 0 Å². The molecule has 300 valence electrons. The Morgan fingerprint density at radius 3 is 1.81 bits per heavy atom. The van der Waals surface area contributed by atoms with E-state index < -0.39 is 0 Å². The molecule has 2 aromatic heterocycles. The first kappa shape index (κ1) is 38.0. The van der Waals surface area contributed by atoms with E-state index in [0.717, 1.165) is 35.3 Å². The molecule has 0 fully saturated rings. The van der Waals surface area contributed by atoms with E-state index in [9.17, 15) is 0 Å². The van der Waals surface area contributed by atoms with Crippen molar-refractivity contribution in [2.75, 3.05) is 0 Å². The van der Waals surface area contributed by atoms with Crippen molar-refractivity contribution < 1.29 is 0 Å². The van der Waals surface area contributed by atoms with Crippen LogP contribution >= 0.6 is 0 Å². The number of nitrogens with zero attached hydrogens (tertiary/aromatic N) is 2. The number of rotatable bonds is 9. The Labute approximate surface area is 369 Å². The molecule has 11 rings (SSSR count). The minimum Gasteiger partial charge on any atom is -0.309 e. The number of benzene rings is 8. The molecule has 0 aliphatic heterocycles. The minimum atomic E-state index is 1.05. The summed E-state index contributed by atoms with van der Waals surface area (Å²) in [5.41, 5.74) is 18.9. The van der Waals surface area contributed by atoms with Crippen LogP contribution in [-0.2, 0) is 0 Å². The van der Waals surface area contributed by atoms with Gasteiger partial charge in [0.05, 0.1) is 22.1 Å². The Balaban J connectivity index is 1.28. The zero-order valence-electron chi connectivity index (χ0n) is 35.4. The van der Waals surface area contributed by atoms with Gasteiger partial charge in [0, 0.05) is 49.6 Å². The molecular formula is C61H46N2. The lowest BCUT2D eigenvalue weighted by Crippen LogP contribution is -1.98. The zero-order valence-corrected chi connectivity index (χ0v) is 35.4. The largest absolute Gasteiger partial charge is 0.309 e. The van der Waals surface area contributed by atoms with E-state index in [1.807, 2.05) is 6.08 Å². The second-order valence-electron chi connectivity index (χ2n) is 16.3. The molecule has 0 saturated carbocycles. The van der Waals surface area contributed by atoms with Crippen molar-refractivity contribution in [2.45, 2.75) is 19.8 Å². The molecule has 0 radical (unpaired) electrons. The standard InChI is InChI=1S/C61H46N2/c1-3-21-48(22-4-2)63-59-51(33-20-34-53(59)58-50(43-25-12-6-13-26-43)36-37-52(61(58)63)44-27-14-7-15-28-44)46-35-38-57-55(39-46)56-41-47(42-23-10-5-11-24-42)40-54(45-29-16-8-17-30-45)60(56)62(57)49-31-18-9-19-32-49/h3-4,6-10,12-41H,1,5,11H2,2H3/b22-4-,48-21+. The van der Waals surface area contributed by atoms with Gasteiger partial charge in [-0.2, -0.15) is 0 Å². The average molecular weight is 807 g/mol. The zero-order chi connectivity index (χ0) is 42.3. The lowest BCUT2D eigenvalue weighted by Gasteiger charge is -2.16. The molecule has 0 saturated heterocycles. The lowest BCUT2D eigenvalue weighted by molar-refractivity contribution is 1.04. The molecule has 63 heavy (non-hydrogen) atoms. The van der Waals surface area contributed by atoms with Gasteiger partial charge in [0.2, 0.25) is 0 Å². The maximum atomic E-state index is 4.21. The van der Waals surface area contributed by atoms with Crippen LogP contribution in [0.4, 0.5) is 0 Å². The number of hydrogen-bond acceptors (Lipinski definition) is 0. The highest BCUT2D eigenvalue weighted by Gasteiger charge is 2.24. The first-order valence-electron chi connectivity index (χ1n) is 22.0. The predicted molar refractivity (Wildman–Crippen MR) is 271 cm³/mol. The smallest absolute Gasteiger partial charge is 0.0625 e. The molecule has 1 aliphatic rings. The fraction of sp³-hybridized carbons (Fsp3) is 0.0492. The van der Waals surface area contributed by atoms with Crippen LogP contribution in [0, 0.1) is 0 Å². The molecule has 0 N–H and O–H groups in total. The summed E-state index contributed by atoms with van der Waals surface area (Å²) in [5.74, 6) is 0. The van der Waals surface area contributed by atoms with Gasteiger partial charge in [-0.15, -0.1) is 0 Å². The number of para-hydroxylation sites is 2. The summed E-state index contributed by atoms with van der Waals surface area (Å²) in [6, 6.07) is 66.8. The summed E-state index contributed by atoms with van der Waals surface area (Å²) in [4.78, 5) is 0. The van der Waals surface area contributed by atoms with Crippen molar-refractivity contribution in [3.8, 4) is 50.2 Å². The van der Waals surface area contributed by atoms with Crippen LogP contribution in [0.25, 0.3) is 105 Å². The highest BCUT2D eigenvalue weighted by molar-refractivity contribution is 6.23. The summed E-state index contributed by atoms with van der Waals surface area (Å²) in [6.07, 6.45) is 17.5. The number of allylic oxidation sites excluding steroid dienone is 9. The molecule has 0 bridgehead atoms. The van der Waals surface area contributed by atoms with Crippen molar-refractivity contribution >= 4 is 54.9 Å². The molecule has 8 aromatic carbocycles. The molecule has 10 aromatic rings. The van der Waals surface area contributed by atoms with Gasteiger partial charge in [-0.25, -0.2) is 0 Å². The van der Waals surface area contributed by atoms with Crippen molar-refractivity contribution in [1.82, 2.24) is 9.13 Å². The third kappa shape index (κ3) is 6.51. The SMILES string of the molecule is C=C/C=C(\C=C/C)n1c2c(-c3ccc4c(c3)c3cc(C5=CCCC=C5)cc(-c5ccccc5)c3n4-c3ccccc3)cccc2c2c(-c3ccccc3)ccc(-c3ccccc3)c21. The van der Waals surface area contributed by atoms with Gasteiger partial charge >= 0.3 is 0 Å². The molecular weight excluding hydrogens is 761 g/mol. The second-order valence-corrected chi connectivity index (χ2v) is 16.3.